The topological polar surface area (TPSA) is 52.4 Å². The normalized spacial score (nSPS) is 13.9. The van der Waals surface area contributed by atoms with Crippen molar-refractivity contribution in [3.8, 4) is 5.75 Å². The number of rotatable bonds is 1. The van der Waals surface area contributed by atoms with E-state index in [0.717, 1.165) is 5.56 Å². The van der Waals surface area contributed by atoms with Crippen molar-refractivity contribution in [2.75, 3.05) is 6.61 Å². The summed E-state index contributed by atoms with van der Waals surface area (Å²) >= 11 is 0. The first-order valence-electron chi connectivity index (χ1n) is 4.36. The molecule has 0 saturated heterocycles. The Morgan fingerprint density at radius 1 is 1.53 bits per heavy atom. The van der Waals surface area contributed by atoms with Crippen LogP contribution in [-0.2, 0) is 0 Å². The monoisotopic (exact) mass is 209 g/mol. The second-order valence-electron chi connectivity index (χ2n) is 3.29. The van der Waals surface area contributed by atoms with Crippen LogP contribution in [0.25, 0.3) is 6.08 Å². The summed E-state index contributed by atoms with van der Waals surface area (Å²) in [6, 6.07) is 2.86. The molecule has 5 heteroatoms. The van der Waals surface area contributed by atoms with Crippen molar-refractivity contribution in [2.45, 2.75) is 6.92 Å². The number of aryl methyl sites for hydroxylation is 1. The molecule has 0 fully saturated rings. The zero-order chi connectivity index (χ0) is 11.0. The van der Waals surface area contributed by atoms with Crippen molar-refractivity contribution in [1.29, 1.82) is 0 Å². The van der Waals surface area contributed by atoms with E-state index in [2.05, 4.69) is 0 Å². The fourth-order valence-corrected chi connectivity index (χ4v) is 1.46. The lowest BCUT2D eigenvalue weighted by molar-refractivity contribution is -0.427. The molecule has 0 amide bonds. The highest BCUT2D eigenvalue weighted by Gasteiger charge is 2.23. The number of hydrogen-bond acceptors (Lipinski definition) is 3. The molecule has 0 unspecified atom stereocenters. The van der Waals surface area contributed by atoms with Crippen LogP contribution >= 0.6 is 0 Å². The Labute approximate surface area is 85.1 Å². The standard InChI is InChI=1S/C10H8FNO3/c1-6-2-3-9(11)10-8(6)4-7(5-15-10)12(13)14/h2-4H,5H2,1H3. The van der Waals surface area contributed by atoms with Crippen molar-refractivity contribution >= 4 is 6.08 Å². The van der Waals surface area contributed by atoms with Gasteiger partial charge in [0.1, 0.15) is 0 Å². The summed E-state index contributed by atoms with van der Waals surface area (Å²) in [5.74, 6) is -0.394. The lowest BCUT2D eigenvalue weighted by atomic mass is 10.0. The molecule has 0 aromatic heterocycles. The SMILES string of the molecule is Cc1ccc(F)c2c1C=C([N+](=O)[O-])CO2. The van der Waals surface area contributed by atoms with Crippen LogP contribution in [0.2, 0.25) is 0 Å². The average Bonchev–Trinajstić information content (AvgIpc) is 2.23. The minimum absolute atomic E-state index is 0.0591. The largest absolute Gasteiger partial charge is 0.479 e. The molecule has 1 aliphatic rings. The van der Waals surface area contributed by atoms with E-state index >= 15 is 0 Å². The van der Waals surface area contributed by atoms with E-state index in [1.807, 2.05) is 0 Å². The van der Waals surface area contributed by atoms with E-state index in [-0.39, 0.29) is 18.1 Å². The van der Waals surface area contributed by atoms with Crippen LogP contribution < -0.4 is 4.74 Å². The number of benzene rings is 1. The zero-order valence-electron chi connectivity index (χ0n) is 7.99. The van der Waals surface area contributed by atoms with Gasteiger partial charge in [-0.25, -0.2) is 4.39 Å². The molecule has 1 heterocycles. The van der Waals surface area contributed by atoms with Crippen molar-refractivity contribution in [1.82, 2.24) is 0 Å². The van der Waals surface area contributed by atoms with Crippen molar-refractivity contribution < 1.29 is 14.1 Å². The van der Waals surface area contributed by atoms with E-state index in [1.165, 1.54) is 12.1 Å². The molecule has 1 aromatic carbocycles. The first-order chi connectivity index (χ1) is 7.09. The van der Waals surface area contributed by atoms with Crippen LogP contribution in [0, 0.1) is 22.9 Å². The molecule has 0 atom stereocenters. The van der Waals surface area contributed by atoms with Gasteiger partial charge in [-0.3, -0.25) is 10.1 Å². The number of fused-ring (bicyclic) bond motifs is 1. The molecular weight excluding hydrogens is 201 g/mol. The maximum absolute atomic E-state index is 13.3. The van der Waals surface area contributed by atoms with Crippen LogP contribution in [-0.4, -0.2) is 11.5 Å². The molecule has 0 N–H and O–H groups in total. The average molecular weight is 209 g/mol. The Hall–Kier alpha value is -1.91. The predicted octanol–water partition coefficient (Wildman–Crippen LogP) is 2.14. The number of nitro groups is 1. The molecule has 0 bridgehead atoms. The van der Waals surface area contributed by atoms with Gasteiger partial charge in [-0.1, -0.05) is 6.07 Å². The summed E-state index contributed by atoms with van der Waals surface area (Å²) in [5, 5.41) is 10.5. The van der Waals surface area contributed by atoms with Crippen LogP contribution in [0.3, 0.4) is 0 Å². The molecule has 0 spiro atoms. The highest BCUT2D eigenvalue weighted by atomic mass is 19.1. The van der Waals surface area contributed by atoms with Gasteiger partial charge < -0.3 is 4.74 Å². The molecule has 0 saturated carbocycles. The number of hydrogen-bond donors (Lipinski definition) is 0. The van der Waals surface area contributed by atoms with E-state index in [0.29, 0.717) is 5.56 Å². The second kappa shape index (κ2) is 3.34. The van der Waals surface area contributed by atoms with Gasteiger partial charge in [0, 0.05) is 11.6 Å². The maximum Gasteiger partial charge on any atom is 0.284 e. The van der Waals surface area contributed by atoms with Crippen LogP contribution in [0.4, 0.5) is 4.39 Å². The molecule has 0 radical (unpaired) electrons. The van der Waals surface area contributed by atoms with Gasteiger partial charge in [0.2, 0.25) is 0 Å². The van der Waals surface area contributed by atoms with Crippen molar-refractivity contribution in [3.63, 3.8) is 0 Å². The Morgan fingerprint density at radius 2 is 2.27 bits per heavy atom. The van der Waals surface area contributed by atoms with Gasteiger partial charge in [0.15, 0.2) is 18.2 Å². The lowest BCUT2D eigenvalue weighted by Crippen LogP contribution is -2.15. The smallest absolute Gasteiger partial charge is 0.284 e. The quantitative estimate of drug-likeness (QED) is 0.526. The first-order valence-corrected chi connectivity index (χ1v) is 4.36. The van der Waals surface area contributed by atoms with Crippen LogP contribution in [0.15, 0.2) is 17.8 Å². The molecule has 78 valence electrons. The summed E-state index contributed by atoms with van der Waals surface area (Å²) < 4.78 is 18.3. The predicted molar refractivity (Wildman–Crippen MR) is 51.6 cm³/mol. The third-order valence-corrected chi connectivity index (χ3v) is 2.28. The van der Waals surface area contributed by atoms with E-state index < -0.39 is 10.7 Å². The Kier molecular flexibility index (Phi) is 2.15. The molecule has 15 heavy (non-hydrogen) atoms. The summed E-state index contributed by atoms with van der Waals surface area (Å²) in [5.41, 5.74) is 1.15. The highest BCUT2D eigenvalue weighted by molar-refractivity contribution is 5.64. The minimum Gasteiger partial charge on any atom is -0.479 e. The number of nitrogens with zero attached hydrogens (tertiary/aromatic N) is 1. The molecule has 4 nitrogen and oxygen atoms in total. The van der Waals surface area contributed by atoms with Gasteiger partial charge in [0.05, 0.1) is 4.92 Å². The molecule has 1 aliphatic heterocycles. The van der Waals surface area contributed by atoms with Crippen LogP contribution in [0.1, 0.15) is 11.1 Å². The molecule has 2 rings (SSSR count). The summed E-state index contributed by atoms with van der Waals surface area (Å²) in [6.07, 6.45) is 1.36. The third kappa shape index (κ3) is 1.56. The lowest BCUT2D eigenvalue weighted by Gasteiger charge is -2.15. The molecular formula is C10H8FNO3. The number of ether oxygens (including phenoxy) is 1. The summed E-state index contributed by atoms with van der Waals surface area (Å²) in [4.78, 5) is 10.0. The van der Waals surface area contributed by atoms with Crippen molar-refractivity contribution in [2.24, 2.45) is 0 Å². The summed E-state index contributed by atoms with van der Waals surface area (Å²) in [7, 11) is 0. The van der Waals surface area contributed by atoms with E-state index in [1.54, 1.807) is 13.0 Å². The molecule has 0 aliphatic carbocycles. The van der Waals surface area contributed by atoms with Crippen molar-refractivity contribution in [3.05, 3.63) is 44.9 Å². The minimum atomic E-state index is -0.521. The van der Waals surface area contributed by atoms with Gasteiger partial charge in [-0.2, -0.15) is 0 Å². The number of halogens is 1. The third-order valence-electron chi connectivity index (χ3n) is 2.28. The molecule has 1 aromatic rings. The van der Waals surface area contributed by atoms with E-state index in [9.17, 15) is 14.5 Å². The highest BCUT2D eigenvalue weighted by Crippen LogP contribution is 2.31. The van der Waals surface area contributed by atoms with Gasteiger partial charge in [-0.05, 0) is 18.6 Å². The maximum atomic E-state index is 13.3. The first kappa shape index (κ1) is 9.64. The fraction of sp³-hybridized carbons (Fsp3) is 0.200. The summed E-state index contributed by atoms with van der Waals surface area (Å²) in [6.45, 7) is 1.56. The van der Waals surface area contributed by atoms with Gasteiger partial charge >= 0.3 is 0 Å². The Bertz CT molecular complexity index is 468. The van der Waals surface area contributed by atoms with E-state index in [4.69, 9.17) is 4.74 Å². The zero-order valence-corrected chi connectivity index (χ0v) is 7.99. The van der Waals surface area contributed by atoms with Gasteiger partial charge in [-0.15, -0.1) is 0 Å². The second-order valence-corrected chi connectivity index (χ2v) is 3.29. The van der Waals surface area contributed by atoms with Crippen LogP contribution in [0.5, 0.6) is 5.75 Å². The Morgan fingerprint density at radius 3 is 2.93 bits per heavy atom. The van der Waals surface area contributed by atoms with Gasteiger partial charge in [0.25, 0.3) is 5.70 Å². The fourth-order valence-electron chi connectivity index (χ4n) is 1.46. The Balaban J connectivity index is 2.59.